The molecule has 0 bridgehead atoms. The molecule has 0 radical (unpaired) electrons. The summed E-state index contributed by atoms with van der Waals surface area (Å²) in [6, 6.07) is 5.34. The summed E-state index contributed by atoms with van der Waals surface area (Å²) < 4.78 is 7.11. The highest BCUT2D eigenvalue weighted by molar-refractivity contribution is 5.91. The summed E-state index contributed by atoms with van der Waals surface area (Å²) in [5.41, 5.74) is 1.02. The van der Waals surface area contributed by atoms with Crippen molar-refractivity contribution in [3.8, 4) is 0 Å². The molecule has 2 aromatic rings. The monoisotopic (exact) mass is 315 g/mol. The van der Waals surface area contributed by atoms with Gasteiger partial charge in [-0.3, -0.25) is 9.59 Å². The molecule has 0 aliphatic carbocycles. The van der Waals surface area contributed by atoms with Gasteiger partial charge >= 0.3 is 0 Å². The van der Waals surface area contributed by atoms with Gasteiger partial charge < -0.3 is 18.8 Å². The molecule has 1 aliphatic heterocycles. The van der Waals surface area contributed by atoms with Crippen molar-refractivity contribution in [3.63, 3.8) is 0 Å². The standard InChI is InChI=1S/C17H21N3O3/c1-18-8-5-14(13-18)12-16(21)19-6-3-7-20(10-9-19)17(22)15-4-2-11-23-15/h2,4-5,8,11,13H,3,6-7,9-10,12H2,1H3. The Morgan fingerprint density at radius 2 is 1.91 bits per heavy atom. The normalized spacial score (nSPS) is 15.5. The Balaban J connectivity index is 1.57. The highest BCUT2D eigenvalue weighted by Crippen LogP contribution is 2.11. The molecule has 1 saturated heterocycles. The van der Waals surface area contributed by atoms with Crippen LogP contribution < -0.4 is 0 Å². The molecule has 0 aromatic carbocycles. The van der Waals surface area contributed by atoms with Crippen LogP contribution in [0, 0.1) is 0 Å². The second-order valence-corrected chi connectivity index (χ2v) is 5.87. The van der Waals surface area contributed by atoms with Crippen LogP contribution in [0.5, 0.6) is 0 Å². The summed E-state index contributed by atoms with van der Waals surface area (Å²) in [5.74, 6) is 0.366. The maximum atomic E-state index is 12.4. The summed E-state index contributed by atoms with van der Waals surface area (Å²) in [6.07, 6.45) is 6.60. The third kappa shape index (κ3) is 3.64. The van der Waals surface area contributed by atoms with Crippen LogP contribution in [0.15, 0.2) is 41.3 Å². The van der Waals surface area contributed by atoms with Crippen molar-refractivity contribution in [2.75, 3.05) is 26.2 Å². The first-order chi connectivity index (χ1) is 11.1. The smallest absolute Gasteiger partial charge is 0.289 e. The van der Waals surface area contributed by atoms with E-state index in [-0.39, 0.29) is 11.8 Å². The van der Waals surface area contributed by atoms with Gasteiger partial charge in [-0.25, -0.2) is 0 Å². The van der Waals surface area contributed by atoms with Gasteiger partial charge in [0, 0.05) is 45.6 Å². The molecule has 2 amide bonds. The zero-order valence-electron chi connectivity index (χ0n) is 13.3. The molecule has 0 saturated carbocycles. The largest absolute Gasteiger partial charge is 0.459 e. The average Bonchev–Trinajstić information content (AvgIpc) is 3.13. The third-order valence-electron chi connectivity index (χ3n) is 4.12. The minimum atomic E-state index is -0.104. The Labute approximate surface area is 135 Å². The second-order valence-electron chi connectivity index (χ2n) is 5.87. The van der Waals surface area contributed by atoms with E-state index in [1.165, 1.54) is 6.26 Å². The van der Waals surface area contributed by atoms with Crippen LogP contribution in [0.25, 0.3) is 0 Å². The van der Waals surface area contributed by atoms with Gasteiger partial charge in [-0.2, -0.15) is 0 Å². The summed E-state index contributed by atoms with van der Waals surface area (Å²) in [7, 11) is 1.94. The van der Waals surface area contributed by atoms with Gasteiger partial charge in [0.15, 0.2) is 5.76 Å². The highest BCUT2D eigenvalue weighted by atomic mass is 16.3. The Kier molecular flexibility index (Phi) is 4.50. The van der Waals surface area contributed by atoms with Gasteiger partial charge in [0.05, 0.1) is 12.7 Å². The van der Waals surface area contributed by atoms with Gasteiger partial charge in [-0.1, -0.05) is 0 Å². The Morgan fingerprint density at radius 3 is 2.61 bits per heavy atom. The van der Waals surface area contributed by atoms with Crippen LogP contribution in [-0.2, 0) is 18.3 Å². The molecule has 3 rings (SSSR count). The SMILES string of the molecule is Cn1ccc(CC(=O)N2CCCN(C(=O)c3ccco3)CC2)c1. The molecule has 6 nitrogen and oxygen atoms in total. The van der Waals surface area contributed by atoms with Crippen molar-refractivity contribution >= 4 is 11.8 Å². The number of carbonyl (C=O) groups is 2. The molecule has 6 heteroatoms. The first-order valence-corrected chi connectivity index (χ1v) is 7.85. The minimum Gasteiger partial charge on any atom is -0.459 e. The molecule has 3 heterocycles. The molecule has 0 atom stereocenters. The van der Waals surface area contributed by atoms with E-state index < -0.39 is 0 Å². The fourth-order valence-electron chi connectivity index (χ4n) is 2.88. The van der Waals surface area contributed by atoms with Crippen LogP contribution >= 0.6 is 0 Å². The van der Waals surface area contributed by atoms with Crippen LogP contribution in [-0.4, -0.2) is 52.4 Å². The number of amides is 2. The Hall–Kier alpha value is -2.50. The molecule has 2 aromatic heterocycles. The van der Waals surface area contributed by atoms with E-state index >= 15 is 0 Å². The molecule has 122 valence electrons. The van der Waals surface area contributed by atoms with Crippen molar-refractivity contribution < 1.29 is 14.0 Å². The van der Waals surface area contributed by atoms with Gasteiger partial charge in [0.1, 0.15) is 0 Å². The quantitative estimate of drug-likeness (QED) is 0.863. The summed E-state index contributed by atoms with van der Waals surface area (Å²) in [4.78, 5) is 28.3. The topological polar surface area (TPSA) is 58.7 Å². The number of nitrogens with zero attached hydrogens (tertiary/aromatic N) is 3. The van der Waals surface area contributed by atoms with E-state index in [0.717, 1.165) is 12.0 Å². The van der Waals surface area contributed by atoms with E-state index in [2.05, 4.69) is 0 Å². The lowest BCUT2D eigenvalue weighted by molar-refractivity contribution is -0.130. The lowest BCUT2D eigenvalue weighted by atomic mass is 10.2. The van der Waals surface area contributed by atoms with Crippen LogP contribution in [0.2, 0.25) is 0 Å². The average molecular weight is 315 g/mol. The third-order valence-corrected chi connectivity index (χ3v) is 4.12. The van der Waals surface area contributed by atoms with Crippen LogP contribution in [0.1, 0.15) is 22.5 Å². The van der Waals surface area contributed by atoms with Crippen molar-refractivity contribution in [2.24, 2.45) is 7.05 Å². The summed E-state index contributed by atoms with van der Waals surface area (Å²) in [6.45, 7) is 2.44. The molecular formula is C17H21N3O3. The minimum absolute atomic E-state index is 0.104. The molecular weight excluding hydrogens is 294 g/mol. The fourth-order valence-corrected chi connectivity index (χ4v) is 2.88. The molecule has 23 heavy (non-hydrogen) atoms. The van der Waals surface area contributed by atoms with Crippen LogP contribution in [0.4, 0.5) is 0 Å². The summed E-state index contributed by atoms with van der Waals surface area (Å²) >= 11 is 0. The van der Waals surface area contributed by atoms with Gasteiger partial charge in [0.2, 0.25) is 5.91 Å². The number of hydrogen-bond acceptors (Lipinski definition) is 3. The highest BCUT2D eigenvalue weighted by Gasteiger charge is 2.24. The number of furan rings is 1. The molecule has 0 unspecified atom stereocenters. The fraction of sp³-hybridized carbons (Fsp3) is 0.412. The van der Waals surface area contributed by atoms with Crippen molar-refractivity contribution in [1.29, 1.82) is 0 Å². The Morgan fingerprint density at radius 1 is 1.13 bits per heavy atom. The van der Waals surface area contributed by atoms with Gasteiger partial charge in [-0.05, 0) is 30.2 Å². The zero-order chi connectivity index (χ0) is 16.2. The van der Waals surface area contributed by atoms with Crippen molar-refractivity contribution in [2.45, 2.75) is 12.8 Å². The van der Waals surface area contributed by atoms with E-state index in [0.29, 0.717) is 38.4 Å². The molecule has 0 N–H and O–H groups in total. The van der Waals surface area contributed by atoms with Crippen molar-refractivity contribution in [3.05, 3.63) is 48.2 Å². The zero-order valence-corrected chi connectivity index (χ0v) is 13.3. The lowest BCUT2D eigenvalue weighted by Crippen LogP contribution is -2.37. The predicted molar refractivity (Wildman–Crippen MR) is 84.9 cm³/mol. The maximum Gasteiger partial charge on any atom is 0.289 e. The second kappa shape index (κ2) is 6.73. The number of rotatable bonds is 3. The number of aromatic nitrogens is 1. The van der Waals surface area contributed by atoms with Crippen molar-refractivity contribution in [1.82, 2.24) is 14.4 Å². The number of carbonyl (C=O) groups excluding carboxylic acids is 2. The van der Waals surface area contributed by atoms with E-state index in [4.69, 9.17) is 4.42 Å². The molecule has 1 fully saturated rings. The Bertz CT molecular complexity index is 675. The molecule has 0 spiro atoms. The van der Waals surface area contributed by atoms with Crippen LogP contribution in [0.3, 0.4) is 0 Å². The maximum absolute atomic E-state index is 12.4. The number of hydrogen-bond donors (Lipinski definition) is 0. The van der Waals surface area contributed by atoms with E-state index in [9.17, 15) is 9.59 Å². The van der Waals surface area contributed by atoms with E-state index in [1.54, 1.807) is 17.0 Å². The summed E-state index contributed by atoms with van der Waals surface area (Å²) in [5, 5.41) is 0. The van der Waals surface area contributed by atoms with Gasteiger partial charge in [-0.15, -0.1) is 0 Å². The first-order valence-electron chi connectivity index (χ1n) is 7.85. The molecule has 1 aliphatic rings. The predicted octanol–water partition coefficient (Wildman–Crippen LogP) is 1.54. The van der Waals surface area contributed by atoms with E-state index in [1.807, 2.05) is 35.0 Å². The number of aryl methyl sites for hydroxylation is 1. The first kappa shape index (κ1) is 15.4. The van der Waals surface area contributed by atoms with Gasteiger partial charge in [0.25, 0.3) is 5.91 Å². The lowest BCUT2D eigenvalue weighted by Gasteiger charge is -2.21.